The van der Waals surface area contributed by atoms with Crippen LogP contribution in [0.4, 0.5) is 0 Å². The van der Waals surface area contributed by atoms with E-state index in [9.17, 15) is 14.4 Å². The number of nitrogens with zero attached hydrogens (tertiary/aromatic N) is 1. The highest BCUT2D eigenvalue weighted by Gasteiger charge is 2.31. The predicted molar refractivity (Wildman–Crippen MR) is 120 cm³/mol. The molecule has 1 saturated heterocycles. The minimum Gasteiger partial charge on any atom is -0.354 e. The molecule has 6 nitrogen and oxygen atoms in total. The minimum atomic E-state index is -0.679. The fraction of sp³-hybridized carbons (Fsp3) is 0.400. The molecule has 0 unspecified atom stereocenters. The molecule has 2 aromatic rings. The highest BCUT2D eigenvalue weighted by molar-refractivity contribution is 5.92. The fourth-order valence-electron chi connectivity index (χ4n) is 3.83. The van der Waals surface area contributed by atoms with Crippen LogP contribution in [0.2, 0.25) is 0 Å². The average molecular weight is 422 g/mol. The number of benzene rings is 2. The van der Waals surface area contributed by atoms with E-state index in [4.69, 9.17) is 0 Å². The average Bonchev–Trinajstić information content (AvgIpc) is 3.00. The molecule has 0 bridgehead atoms. The lowest BCUT2D eigenvalue weighted by atomic mass is 10.0. The lowest BCUT2D eigenvalue weighted by Gasteiger charge is -2.29. The molecule has 0 aliphatic carbocycles. The van der Waals surface area contributed by atoms with E-state index >= 15 is 0 Å². The van der Waals surface area contributed by atoms with Crippen molar-refractivity contribution in [1.29, 1.82) is 0 Å². The first-order valence-corrected chi connectivity index (χ1v) is 11.0. The van der Waals surface area contributed by atoms with Gasteiger partial charge in [0.25, 0.3) is 0 Å². The van der Waals surface area contributed by atoms with Crippen molar-refractivity contribution < 1.29 is 14.4 Å². The van der Waals surface area contributed by atoms with Gasteiger partial charge in [-0.2, -0.15) is 0 Å². The van der Waals surface area contributed by atoms with Gasteiger partial charge in [0, 0.05) is 26.4 Å². The third-order valence-electron chi connectivity index (χ3n) is 5.76. The van der Waals surface area contributed by atoms with Gasteiger partial charge < -0.3 is 15.5 Å². The van der Waals surface area contributed by atoms with Crippen molar-refractivity contribution in [3.05, 3.63) is 71.8 Å². The van der Waals surface area contributed by atoms with Crippen molar-refractivity contribution >= 4 is 17.7 Å². The van der Waals surface area contributed by atoms with Crippen molar-refractivity contribution in [3.63, 3.8) is 0 Å². The Kier molecular flexibility index (Phi) is 8.21. The summed E-state index contributed by atoms with van der Waals surface area (Å²) in [6, 6.07) is 18.2. The molecule has 3 rings (SSSR count). The lowest BCUT2D eigenvalue weighted by molar-refractivity contribution is -0.140. The summed E-state index contributed by atoms with van der Waals surface area (Å²) < 4.78 is 0. The zero-order chi connectivity index (χ0) is 22.1. The standard InChI is InChI=1S/C25H31N3O3/c1-28(23(29)16-15-19-10-4-2-5-11-19)22(18-20-12-6-3-7-13-20)25(31)27-21-14-8-9-17-26-24(21)30/h2-7,10-13,21-22H,8-9,14-18H2,1H3,(H,26,30)(H,27,31)/t21-,22-/m0/s1. The Bertz CT molecular complexity index is 870. The van der Waals surface area contributed by atoms with Crippen molar-refractivity contribution in [2.24, 2.45) is 0 Å². The Morgan fingerprint density at radius 1 is 1.03 bits per heavy atom. The molecule has 164 valence electrons. The van der Waals surface area contributed by atoms with Crippen LogP contribution in [0, 0.1) is 0 Å². The van der Waals surface area contributed by atoms with E-state index < -0.39 is 12.1 Å². The number of nitrogens with one attached hydrogen (secondary N) is 2. The second-order valence-corrected chi connectivity index (χ2v) is 8.04. The largest absolute Gasteiger partial charge is 0.354 e. The Morgan fingerprint density at radius 2 is 1.68 bits per heavy atom. The third-order valence-corrected chi connectivity index (χ3v) is 5.76. The molecule has 1 fully saturated rings. The van der Waals surface area contributed by atoms with E-state index in [1.165, 1.54) is 4.90 Å². The van der Waals surface area contributed by atoms with Gasteiger partial charge in [-0.25, -0.2) is 0 Å². The molecule has 3 amide bonds. The van der Waals surface area contributed by atoms with Gasteiger partial charge >= 0.3 is 0 Å². The number of likely N-dealkylation sites (N-methyl/N-ethyl adjacent to an activating group) is 1. The SMILES string of the molecule is CN(C(=O)CCc1ccccc1)[C@@H](Cc1ccccc1)C(=O)N[C@H]1CCCCNC1=O. The minimum absolute atomic E-state index is 0.0924. The van der Waals surface area contributed by atoms with E-state index in [2.05, 4.69) is 10.6 Å². The fourth-order valence-corrected chi connectivity index (χ4v) is 3.83. The molecule has 0 saturated carbocycles. The predicted octanol–water partition coefficient (Wildman–Crippen LogP) is 2.47. The Morgan fingerprint density at radius 3 is 2.35 bits per heavy atom. The van der Waals surface area contributed by atoms with Crippen LogP contribution in [0.15, 0.2) is 60.7 Å². The van der Waals surface area contributed by atoms with E-state index in [0.717, 1.165) is 24.0 Å². The highest BCUT2D eigenvalue weighted by atomic mass is 16.2. The van der Waals surface area contributed by atoms with Gasteiger partial charge in [-0.05, 0) is 36.8 Å². The van der Waals surface area contributed by atoms with Crippen LogP contribution in [0.1, 0.15) is 36.8 Å². The van der Waals surface area contributed by atoms with Crippen LogP contribution in [-0.4, -0.2) is 48.3 Å². The van der Waals surface area contributed by atoms with Crippen LogP contribution in [0.5, 0.6) is 0 Å². The van der Waals surface area contributed by atoms with Gasteiger partial charge in [-0.3, -0.25) is 14.4 Å². The van der Waals surface area contributed by atoms with E-state index in [0.29, 0.717) is 32.2 Å². The molecular weight excluding hydrogens is 390 g/mol. The van der Waals surface area contributed by atoms with Gasteiger partial charge in [0.1, 0.15) is 12.1 Å². The van der Waals surface area contributed by atoms with Crippen LogP contribution in [0.25, 0.3) is 0 Å². The quantitative estimate of drug-likeness (QED) is 0.687. The van der Waals surface area contributed by atoms with Gasteiger partial charge in [-0.1, -0.05) is 60.7 Å². The maximum atomic E-state index is 13.2. The molecular formula is C25H31N3O3. The molecule has 0 radical (unpaired) electrons. The summed E-state index contributed by atoms with van der Waals surface area (Å²) >= 11 is 0. The number of carbonyl (C=O) groups is 3. The molecule has 2 atom stereocenters. The number of hydrogen-bond acceptors (Lipinski definition) is 3. The van der Waals surface area contributed by atoms with Crippen LogP contribution in [0.3, 0.4) is 0 Å². The van der Waals surface area contributed by atoms with Crippen molar-refractivity contribution in [1.82, 2.24) is 15.5 Å². The molecule has 1 aliphatic heterocycles. The van der Waals surface area contributed by atoms with E-state index in [1.54, 1.807) is 7.05 Å². The Hall–Kier alpha value is -3.15. The first-order chi connectivity index (χ1) is 15.0. The number of rotatable bonds is 8. The number of carbonyl (C=O) groups excluding carboxylic acids is 3. The van der Waals surface area contributed by atoms with Gasteiger partial charge in [0.2, 0.25) is 17.7 Å². The van der Waals surface area contributed by atoms with Crippen molar-refractivity contribution in [2.45, 2.75) is 50.6 Å². The van der Waals surface area contributed by atoms with Gasteiger partial charge in [0.15, 0.2) is 0 Å². The number of amides is 3. The van der Waals surface area contributed by atoms with E-state index in [-0.39, 0.29) is 17.7 Å². The summed E-state index contributed by atoms with van der Waals surface area (Å²) in [5.41, 5.74) is 2.05. The summed E-state index contributed by atoms with van der Waals surface area (Å²) in [6.45, 7) is 0.635. The summed E-state index contributed by atoms with van der Waals surface area (Å²) in [4.78, 5) is 40.0. The van der Waals surface area contributed by atoms with Crippen LogP contribution in [-0.2, 0) is 27.2 Å². The molecule has 6 heteroatoms. The second kappa shape index (κ2) is 11.3. The Labute approximate surface area is 184 Å². The van der Waals surface area contributed by atoms with Crippen molar-refractivity contribution in [2.75, 3.05) is 13.6 Å². The number of aryl methyl sites for hydroxylation is 1. The molecule has 2 aromatic carbocycles. The summed E-state index contributed by atoms with van der Waals surface area (Å²) in [5.74, 6) is -0.533. The molecule has 0 aromatic heterocycles. The summed E-state index contributed by atoms with van der Waals surface area (Å²) in [5, 5.41) is 5.74. The normalized spacial score (nSPS) is 17.2. The smallest absolute Gasteiger partial charge is 0.243 e. The third kappa shape index (κ3) is 6.67. The molecule has 31 heavy (non-hydrogen) atoms. The number of hydrogen-bond donors (Lipinski definition) is 2. The molecule has 2 N–H and O–H groups in total. The lowest BCUT2D eigenvalue weighted by Crippen LogP contribution is -2.54. The maximum Gasteiger partial charge on any atom is 0.243 e. The van der Waals surface area contributed by atoms with Gasteiger partial charge in [0.05, 0.1) is 0 Å². The molecule has 1 aliphatic rings. The van der Waals surface area contributed by atoms with Crippen LogP contribution < -0.4 is 10.6 Å². The molecule has 1 heterocycles. The van der Waals surface area contributed by atoms with Crippen molar-refractivity contribution in [3.8, 4) is 0 Å². The topological polar surface area (TPSA) is 78.5 Å². The first kappa shape index (κ1) is 22.5. The zero-order valence-corrected chi connectivity index (χ0v) is 18.0. The monoisotopic (exact) mass is 421 g/mol. The maximum absolute atomic E-state index is 13.2. The molecule has 0 spiro atoms. The first-order valence-electron chi connectivity index (χ1n) is 11.0. The highest BCUT2D eigenvalue weighted by Crippen LogP contribution is 2.13. The van der Waals surface area contributed by atoms with Crippen LogP contribution >= 0.6 is 0 Å². The second-order valence-electron chi connectivity index (χ2n) is 8.04. The summed E-state index contributed by atoms with van der Waals surface area (Å²) in [6.07, 6.45) is 3.73. The van der Waals surface area contributed by atoms with Gasteiger partial charge in [-0.15, -0.1) is 0 Å². The summed E-state index contributed by atoms with van der Waals surface area (Å²) in [7, 11) is 1.67. The van der Waals surface area contributed by atoms with E-state index in [1.807, 2.05) is 60.7 Å². The zero-order valence-electron chi connectivity index (χ0n) is 18.0. The Balaban J connectivity index is 1.70.